The molecule has 2 rings (SSSR count). The molecule has 4 nitrogen and oxygen atoms in total. The van der Waals surface area contributed by atoms with E-state index in [1.165, 1.54) is 6.20 Å². The predicted octanol–water partition coefficient (Wildman–Crippen LogP) is 2.44. The highest BCUT2D eigenvalue weighted by molar-refractivity contribution is 6.30. The average molecular weight is 274 g/mol. The molecule has 0 saturated carbocycles. The van der Waals surface area contributed by atoms with Gasteiger partial charge in [-0.3, -0.25) is 0 Å². The Labute approximate surface area is 116 Å². The standard InChI is InChI=1S/C14H12ClN3O/c1-14(19,10-4-2-9(7-16)3-5-10)12-6-11(15)8-18-13(12)17/h2-6,8,19H,1H3,(H2,17,18). The van der Waals surface area contributed by atoms with E-state index in [0.717, 1.165) is 0 Å². The average Bonchev–Trinajstić information content (AvgIpc) is 2.41. The van der Waals surface area contributed by atoms with Gasteiger partial charge < -0.3 is 10.8 Å². The third-order valence-corrected chi connectivity index (χ3v) is 3.19. The van der Waals surface area contributed by atoms with Crippen LogP contribution in [-0.2, 0) is 5.60 Å². The Balaban J connectivity index is 2.51. The molecule has 0 bridgehead atoms. The molecule has 5 heteroatoms. The highest BCUT2D eigenvalue weighted by Crippen LogP contribution is 2.33. The first-order valence-corrected chi connectivity index (χ1v) is 5.97. The number of halogens is 1. The van der Waals surface area contributed by atoms with Crippen LogP contribution in [0.1, 0.15) is 23.6 Å². The van der Waals surface area contributed by atoms with E-state index in [0.29, 0.717) is 21.7 Å². The van der Waals surface area contributed by atoms with Crippen LogP contribution in [0.4, 0.5) is 5.82 Å². The molecule has 96 valence electrons. The Morgan fingerprint density at radius 1 is 1.37 bits per heavy atom. The Morgan fingerprint density at radius 3 is 2.58 bits per heavy atom. The van der Waals surface area contributed by atoms with Crippen LogP contribution in [0.3, 0.4) is 0 Å². The van der Waals surface area contributed by atoms with E-state index >= 15 is 0 Å². The number of hydrogen-bond acceptors (Lipinski definition) is 4. The third-order valence-electron chi connectivity index (χ3n) is 2.99. The van der Waals surface area contributed by atoms with Crippen molar-refractivity contribution >= 4 is 17.4 Å². The first kappa shape index (κ1) is 13.3. The number of benzene rings is 1. The van der Waals surface area contributed by atoms with Gasteiger partial charge in [0.15, 0.2) is 0 Å². The summed E-state index contributed by atoms with van der Waals surface area (Å²) in [7, 11) is 0. The molecule has 0 fully saturated rings. The van der Waals surface area contributed by atoms with Gasteiger partial charge in [-0.25, -0.2) is 4.98 Å². The van der Waals surface area contributed by atoms with Crippen LogP contribution in [0.15, 0.2) is 36.5 Å². The van der Waals surface area contributed by atoms with Crippen molar-refractivity contribution in [1.29, 1.82) is 5.26 Å². The van der Waals surface area contributed by atoms with Crippen molar-refractivity contribution in [3.05, 3.63) is 58.2 Å². The van der Waals surface area contributed by atoms with Gasteiger partial charge in [-0.15, -0.1) is 0 Å². The number of hydrogen-bond donors (Lipinski definition) is 2. The van der Waals surface area contributed by atoms with Crippen LogP contribution in [0, 0.1) is 11.3 Å². The summed E-state index contributed by atoms with van der Waals surface area (Å²) in [6, 6.07) is 10.2. The normalized spacial score (nSPS) is 13.6. The van der Waals surface area contributed by atoms with Gasteiger partial charge >= 0.3 is 0 Å². The van der Waals surface area contributed by atoms with E-state index in [2.05, 4.69) is 4.98 Å². The molecule has 0 saturated heterocycles. The maximum atomic E-state index is 10.7. The maximum Gasteiger partial charge on any atom is 0.129 e. The number of rotatable bonds is 2. The highest BCUT2D eigenvalue weighted by Gasteiger charge is 2.28. The van der Waals surface area contributed by atoms with Crippen LogP contribution in [0.2, 0.25) is 5.02 Å². The van der Waals surface area contributed by atoms with Crippen LogP contribution in [0.25, 0.3) is 0 Å². The second kappa shape index (κ2) is 4.88. The summed E-state index contributed by atoms with van der Waals surface area (Å²) in [4.78, 5) is 3.94. The summed E-state index contributed by atoms with van der Waals surface area (Å²) in [6.07, 6.45) is 1.43. The first-order valence-electron chi connectivity index (χ1n) is 5.59. The lowest BCUT2D eigenvalue weighted by Crippen LogP contribution is -2.24. The largest absolute Gasteiger partial charge is 0.383 e. The molecule has 0 amide bonds. The van der Waals surface area contributed by atoms with E-state index in [1.54, 1.807) is 37.3 Å². The minimum atomic E-state index is -1.32. The number of pyridine rings is 1. The van der Waals surface area contributed by atoms with Crippen LogP contribution in [0.5, 0.6) is 0 Å². The van der Waals surface area contributed by atoms with E-state index in [9.17, 15) is 5.11 Å². The first-order chi connectivity index (χ1) is 8.95. The van der Waals surface area contributed by atoms with Gasteiger partial charge in [0.05, 0.1) is 16.7 Å². The summed E-state index contributed by atoms with van der Waals surface area (Å²) in [5.41, 5.74) is 6.04. The smallest absolute Gasteiger partial charge is 0.129 e. The second-order valence-corrected chi connectivity index (χ2v) is 4.78. The molecule has 0 spiro atoms. The van der Waals surface area contributed by atoms with Crippen molar-refractivity contribution in [2.24, 2.45) is 0 Å². The number of nitrogens with two attached hydrogens (primary N) is 1. The second-order valence-electron chi connectivity index (χ2n) is 4.35. The van der Waals surface area contributed by atoms with Gasteiger partial charge in [-0.2, -0.15) is 5.26 Å². The lowest BCUT2D eigenvalue weighted by atomic mass is 9.88. The molecule has 1 atom stereocenters. The fourth-order valence-corrected chi connectivity index (χ4v) is 2.02. The fraction of sp³-hybridized carbons (Fsp3) is 0.143. The maximum absolute atomic E-state index is 10.7. The topological polar surface area (TPSA) is 82.9 Å². The lowest BCUT2D eigenvalue weighted by Gasteiger charge is -2.25. The van der Waals surface area contributed by atoms with Crippen LogP contribution < -0.4 is 5.73 Å². The van der Waals surface area contributed by atoms with Gasteiger partial charge in [0.2, 0.25) is 0 Å². The summed E-state index contributed by atoms with van der Waals surface area (Å²) in [5, 5.41) is 19.8. The molecule has 1 aromatic carbocycles. The predicted molar refractivity (Wildman–Crippen MR) is 73.5 cm³/mol. The van der Waals surface area contributed by atoms with E-state index in [4.69, 9.17) is 22.6 Å². The molecule has 3 N–H and O–H groups in total. The van der Waals surface area contributed by atoms with Crippen molar-refractivity contribution < 1.29 is 5.11 Å². The molecule has 2 aromatic rings. The van der Waals surface area contributed by atoms with Crippen molar-refractivity contribution in [2.75, 3.05) is 5.73 Å². The molecule has 1 unspecified atom stereocenters. The van der Waals surface area contributed by atoms with E-state index < -0.39 is 5.60 Å². The number of aromatic nitrogens is 1. The summed E-state index contributed by atoms with van der Waals surface area (Å²) >= 11 is 5.89. The molecule has 19 heavy (non-hydrogen) atoms. The number of nitrogen functional groups attached to an aromatic ring is 1. The molecular formula is C14H12ClN3O. The fourth-order valence-electron chi connectivity index (χ4n) is 1.86. The lowest BCUT2D eigenvalue weighted by molar-refractivity contribution is 0.103. The Bertz CT molecular complexity index is 645. The Kier molecular flexibility index (Phi) is 3.43. The van der Waals surface area contributed by atoms with Gasteiger partial charge in [-0.05, 0) is 30.7 Å². The molecule has 0 aliphatic rings. The molecule has 1 heterocycles. The number of nitrogens with zero attached hydrogens (tertiary/aromatic N) is 2. The van der Waals surface area contributed by atoms with Gasteiger partial charge in [0, 0.05) is 11.8 Å². The summed E-state index contributed by atoms with van der Waals surface area (Å²) in [5.74, 6) is 0.221. The molecule has 0 aliphatic heterocycles. The number of nitriles is 1. The minimum absolute atomic E-state index is 0.221. The zero-order valence-electron chi connectivity index (χ0n) is 10.3. The van der Waals surface area contributed by atoms with Crippen molar-refractivity contribution in [3.63, 3.8) is 0 Å². The quantitative estimate of drug-likeness (QED) is 0.880. The molecule has 1 aromatic heterocycles. The minimum Gasteiger partial charge on any atom is -0.383 e. The van der Waals surface area contributed by atoms with Crippen molar-refractivity contribution in [1.82, 2.24) is 4.98 Å². The van der Waals surface area contributed by atoms with Gasteiger partial charge in [0.25, 0.3) is 0 Å². The molecular weight excluding hydrogens is 262 g/mol. The highest BCUT2D eigenvalue weighted by atomic mass is 35.5. The van der Waals surface area contributed by atoms with Gasteiger partial charge in [0.1, 0.15) is 11.4 Å². The van der Waals surface area contributed by atoms with Crippen molar-refractivity contribution in [2.45, 2.75) is 12.5 Å². The van der Waals surface area contributed by atoms with Crippen molar-refractivity contribution in [3.8, 4) is 6.07 Å². The summed E-state index contributed by atoms with van der Waals surface area (Å²) < 4.78 is 0. The monoisotopic (exact) mass is 273 g/mol. The van der Waals surface area contributed by atoms with E-state index in [-0.39, 0.29) is 5.82 Å². The van der Waals surface area contributed by atoms with E-state index in [1.807, 2.05) is 6.07 Å². The van der Waals surface area contributed by atoms with Crippen LogP contribution >= 0.6 is 11.6 Å². The Morgan fingerprint density at radius 2 is 2.00 bits per heavy atom. The zero-order valence-corrected chi connectivity index (χ0v) is 11.0. The third kappa shape index (κ3) is 2.53. The van der Waals surface area contributed by atoms with Gasteiger partial charge in [-0.1, -0.05) is 23.7 Å². The SMILES string of the molecule is CC(O)(c1ccc(C#N)cc1)c1cc(Cl)cnc1N. The number of aliphatic hydroxyl groups is 1. The molecule has 0 radical (unpaired) electrons. The van der Waals surface area contributed by atoms with Crippen LogP contribution in [-0.4, -0.2) is 10.1 Å². The zero-order chi connectivity index (χ0) is 14.0. The Hall–Kier alpha value is -2.09. The summed E-state index contributed by atoms with van der Waals surface area (Å²) in [6.45, 7) is 1.61. The number of anilines is 1. The molecule has 0 aliphatic carbocycles.